The lowest BCUT2D eigenvalue weighted by molar-refractivity contribution is -0.125. The van der Waals surface area contributed by atoms with Gasteiger partial charge in [-0.3, -0.25) is 9.59 Å². The van der Waals surface area contributed by atoms with Crippen molar-refractivity contribution in [1.82, 2.24) is 10.6 Å². The smallest absolute Gasteiger partial charge is 0.239 e. The molecule has 5 nitrogen and oxygen atoms in total. The van der Waals surface area contributed by atoms with E-state index in [1.54, 1.807) is 19.1 Å². The van der Waals surface area contributed by atoms with Crippen LogP contribution >= 0.6 is 12.4 Å². The lowest BCUT2D eigenvalue weighted by Gasteiger charge is -2.07. The lowest BCUT2D eigenvalue weighted by atomic mass is 10.1. The second-order valence-electron chi connectivity index (χ2n) is 3.84. The molecule has 0 aliphatic carbocycles. The molecule has 1 aromatic carbocycles. The number of nitrogens with two attached hydrogens (primary N) is 1. The SMILES string of the molecule is Cc1cc(CNC(=O)CNC(=O)CN)ccc1F.Cl. The molecular formula is C12H17ClFN3O2. The highest BCUT2D eigenvalue weighted by Gasteiger charge is 2.04. The second kappa shape index (κ2) is 8.44. The Bertz CT molecular complexity index is 455. The van der Waals surface area contributed by atoms with Gasteiger partial charge in [-0.2, -0.15) is 0 Å². The zero-order valence-electron chi connectivity index (χ0n) is 10.5. The molecule has 106 valence electrons. The fourth-order valence-electron chi connectivity index (χ4n) is 1.33. The van der Waals surface area contributed by atoms with Crippen molar-refractivity contribution in [3.8, 4) is 0 Å². The van der Waals surface area contributed by atoms with Crippen LogP contribution in [-0.2, 0) is 16.1 Å². The Labute approximate surface area is 117 Å². The normalized spacial score (nSPS) is 9.42. The molecule has 0 fully saturated rings. The molecule has 0 aliphatic heterocycles. The molecule has 7 heteroatoms. The molecule has 19 heavy (non-hydrogen) atoms. The van der Waals surface area contributed by atoms with Crippen molar-refractivity contribution < 1.29 is 14.0 Å². The van der Waals surface area contributed by atoms with E-state index in [-0.39, 0.29) is 43.1 Å². The largest absolute Gasteiger partial charge is 0.350 e. The van der Waals surface area contributed by atoms with Crippen LogP contribution in [0.3, 0.4) is 0 Å². The van der Waals surface area contributed by atoms with E-state index in [2.05, 4.69) is 10.6 Å². The van der Waals surface area contributed by atoms with Crippen LogP contribution in [0.2, 0.25) is 0 Å². The van der Waals surface area contributed by atoms with Gasteiger partial charge < -0.3 is 16.4 Å². The summed E-state index contributed by atoms with van der Waals surface area (Å²) < 4.78 is 13.0. The Morgan fingerprint density at radius 1 is 1.26 bits per heavy atom. The summed E-state index contributed by atoms with van der Waals surface area (Å²) in [4.78, 5) is 22.2. The Kier molecular flexibility index (Phi) is 7.71. The number of carbonyl (C=O) groups is 2. The van der Waals surface area contributed by atoms with E-state index in [1.165, 1.54) is 6.07 Å². The van der Waals surface area contributed by atoms with Crippen molar-refractivity contribution >= 4 is 24.2 Å². The van der Waals surface area contributed by atoms with Gasteiger partial charge in [0, 0.05) is 6.54 Å². The second-order valence-corrected chi connectivity index (χ2v) is 3.84. The summed E-state index contributed by atoms with van der Waals surface area (Å²) in [6.07, 6.45) is 0. The maximum atomic E-state index is 13.0. The first kappa shape index (κ1) is 17.3. The molecule has 0 radical (unpaired) electrons. The Balaban J connectivity index is 0.00000324. The standard InChI is InChI=1S/C12H16FN3O2.ClH/c1-8-4-9(2-3-10(8)13)6-15-12(18)7-16-11(17)5-14;/h2-4H,5-7,14H2,1H3,(H,15,18)(H,16,17);1H. The maximum Gasteiger partial charge on any atom is 0.239 e. The van der Waals surface area contributed by atoms with E-state index >= 15 is 0 Å². The van der Waals surface area contributed by atoms with Gasteiger partial charge in [0.2, 0.25) is 11.8 Å². The van der Waals surface area contributed by atoms with Gasteiger partial charge in [-0.15, -0.1) is 12.4 Å². The summed E-state index contributed by atoms with van der Waals surface area (Å²) in [5.41, 5.74) is 6.40. The molecule has 1 rings (SSSR count). The summed E-state index contributed by atoms with van der Waals surface area (Å²) in [7, 11) is 0. The summed E-state index contributed by atoms with van der Waals surface area (Å²) in [6, 6.07) is 4.61. The van der Waals surface area contributed by atoms with Crippen LogP contribution in [-0.4, -0.2) is 24.9 Å². The minimum Gasteiger partial charge on any atom is -0.350 e. The number of amides is 2. The lowest BCUT2D eigenvalue weighted by Crippen LogP contribution is -2.39. The minimum atomic E-state index is -0.386. The van der Waals surface area contributed by atoms with Crippen molar-refractivity contribution in [2.45, 2.75) is 13.5 Å². The van der Waals surface area contributed by atoms with Gasteiger partial charge in [0.25, 0.3) is 0 Å². The number of carbonyl (C=O) groups excluding carboxylic acids is 2. The predicted octanol–water partition coefficient (Wildman–Crippen LogP) is 0.247. The van der Waals surface area contributed by atoms with Crippen LogP contribution in [0.1, 0.15) is 11.1 Å². The van der Waals surface area contributed by atoms with E-state index in [0.29, 0.717) is 12.1 Å². The zero-order valence-corrected chi connectivity index (χ0v) is 11.3. The van der Waals surface area contributed by atoms with Crippen LogP contribution in [0.25, 0.3) is 0 Å². The summed E-state index contributed by atoms with van der Waals surface area (Å²) in [6.45, 7) is 1.68. The van der Waals surface area contributed by atoms with Crippen molar-refractivity contribution in [2.24, 2.45) is 5.73 Å². The number of rotatable bonds is 5. The van der Waals surface area contributed by atoms with E-state index in [9.17, 15) is 14.0 Å². The van der Waals surface area contributed by atoms with Crippen LogP contribution < -0.4 is 16.4 Å². The summed E-state index contributed by atoms with van der Waals surface area (Å²) in [5.74, 6) is -0.984. The molecule has 2 amide bonds. The molecule has 0 aromatic heterocycles. The van der Waals surface area contributed by atoms with Crippen LogP contribution in [0.4, 0.5) is 4.39 Å². The van der Waals surface area contributed by atoms with E-state index < -0.39 is 0 Å². The van der Waals surface area contributed by atoms with Crippen molar-refractivity contribution in [3.63, 3.8) is 0 Å². The van der Waals surface area contributed by atoms with Gasteiger partial charge in [-0.05, 0) is 24.1 Å². The third-order valence-corrected chi connectivity index (χ3v) is 2.34. The van der Waals surface area contributed by atoms with Gasteiger partial charge >= 0.3 is 0 Å². The molecule has 0 heterocycles. The average Bonchev–Trinajstić information content (AvgIpc) is 2.37. The van der Waals surface area contributed by atoms with Crippen molar-refractivity contribution in [1.29, 1.82) is 0 Å². The zero-order chi connectivity index (χ0) is 13.5. The molecule has 0 aliphatic rings. The number of benzene rings is 1. The molecule has 4 N–H and O–H groups in total. The average molecular weight is 290 g/mol. The minimum absolute atomic E-state index is 0. The first-order valence-electron chi connectivity index (χ1n) is 5.51. The van der Waals surface area contributed by atoms with Crippen LogP contribution in [0, 0.1) is 12.7 Å². The van der Waals surface area contributed by atoms with Crippen LogP contribution in [0.5, 0.6) is 0 Å². The van der Waals surface area contributed by atoms with Gasteiger partial charge in [0.05, 0.1) is 13.1 Å². The Morgan fingerprint density at radius 3 is 2.53 bits per heavy atom. The molecule has 0 atom stereocenters. The number of nitrogens with one attached hydrogen (secondary N) is 2. The highest BCUT2D eigenvalue weighted by Crippen LogP contribution is 2.08. The quantitative estimate of drug-likeness (QED) is 0.726. The van der Waals surface area contributed by atoms with Gasteiger partial charge in [-0.25, -0.2) is 4.39 Å². The van der Waals surface area contributed by atoms with Crippen molar-refractivity contribution in [2.75, 3.05) is 13.1 Å². The van der Waals surface area contributed by atoms with E-state index in [4.69, 9.17) is 5.73 Å². The number of aryl methyl sites for hydroxylation is 1. The highest BCUT2D eigenvalue weighted by molar-refractivity contribution is 5.85. The van der Waals surface area contributed by atoms with Crippen molar-refractivity contribution in [3.05, 3.63) is 35.1 Å². The topological polar surface area (TPSA) is 84.2 Å². The number of halogens is 2. The monoisotopic (exact) mass is 289 g/mol. The molecular weight excluding hydrogens is 273 g/mol. The number of hydrogen-bond acceptors (Lipinski definition) is 3. The summed E-state index contributed by atoms with van der Waals surface area (Å²) >= 11 is 0. The van der Waals surface area contributed by atoms with Gasteiger partial charge in [0.1, 0.15) is 5.82 Å². The summed E-state index contributed by atoms with van der Waals surface area (Å²) in [5, 5.41) is 4.96. The molecule has 0 saturated carbocycles. The van der Waals surface area contributed by atoms with Gasteiger partial charge in [0.15, 0.2) is 0 Å². The number of hydrogen-bond donors (Lipinski definition) is 3. The molecule has 1 aromatic rings. The molecule has 0 unspecified atom stereocenters. The van der Waals surface area contributed by atoms with Gasteiger partial charge in [-0.1, -0.05) is 12.1 Å². The highest BCUT2D eigenvalue weighted by atomic mass is 35.5. The van der Waals surface area contributed by atoms with E-state index in [0.717, 1.165) is 5.56 Å². The fourth-order valence-corrected chi connectivity index (χ4v) is 1.33. The Hall–Kier alpha value is -1.66. The molecule has 0 spiro atoms. The fraction of sp³-hybridized carbons (Fsp3) is 0.333. The third kappa shape index (κ3) is 6.17. The van der Waals surface area contributed by atoms with Crippen LogP contribution in [0.15, 0.2) is 18.2 Å². The first-order valence-corrected chi connectivity index (χ1v) is 5.51. The predicted molar refractivity (Wildman–Crippen MR) is 72.3 cm³/mol. The van der Waals surface area contributed by atoms with E-state index in [1.807, 2.05) is 0 Å². The molecule has 0 saturated heterocycles. The molecule has 0 bridgehead atoms. The first-order chi connectivity index (χ1) is 8.52. The maximum absolute atomic E-state index is 13.0. The third-order valence-electron chi connectivity index (χ3n) is 2.34. The Morgan fingerprint density at radius 2 is 1.95 bits per heavy atom.